The number of hydrogen-bond donors (Lipinski definition) is 2. The zero-order valence-electron chi connectivity index (χ0n) is 13.6. The van der Waals surface area contributed by atoms with E-state index in [-0.39, 0.29) is 36.2 Å². The van der Waals surface area contributed by atoms with Gasteiger partial charge in [0.25, 0.3) is 0 Å². The Hall–Kier alpha value is -0.810. The van der Waals surface area contributed by atoms with Crippen LogP contribution in [0.3, 0.4) is 0 Å². The van der Waals surface area contributed by atoms with Gasteiger partial charge >= 0.3 is 0 Å². The van der Waals surface area contributed by atoms with Crippen LogP contribution in [0, 0.1) is 11.8 Å². The smallest absolute Gasteiger partial charge is 0.226 e. The summed E-state index contributed by atoms with van der Waals surface area (Å²) < 4.78 is 0. The van der Waals surface area contributed by atoms with Gasteiger partial charge in [0, 0.05) is 24.2 Å². The van der Waals surface area contributed by atoms with E-state index in [0.29, 0.717) is 18.1 Å². The molecule has 4 nitrogen and oxygen atoms in total. The molecule has 3 atom stereocenters. The molecule has 0 aliphatic carbocycles. The molecule has 0 bridgehead atoms. The van der Waals surface area contributed by atoms with Gasteiger partial charge in [-0.1, -0.05) is 30.7 Å². The minimum Gasteiger partial charge on any atom is -0.388 e. The Morgan fingerprint density at radius 2 is 1.78 bits per heavy atom. The quantitative estimate of drug-likeness (QED) is 0.866. The molecule has 2 rings (SSSR count). The molecule has 0 saturated carbocycles. The first-order valence-corrected chi connectivity index (χ1v) is 8.26. The molecule has 0 radical (unpaired) electrons. The van der Waals surface area contributed by atoms with Gasteiger partial charge in [0.05, 0.1) is 12.0 Å². The van der Waals surface area contributed by atoms with Crippen molar-refractivity contribution in [2.24, 2.45) is 17.6 Å². The molecule has 1 fully saturated rings. The largest absolute Gasteiger partial charge is 0.388 e. The Balaban J connectivity index is 0.00000264. The highest BCUT2D eigenvalue weighted by Gasteiger charge is 2.30. The maximum Gasteiger partial charge on any atom is 0.226 e. The van der Waals surface area contributed by atoms with Crippen molar-refractivity contribution in [1.29, 1.82) is 0 Å². The molecule has 130 valence electrons. The normalized spacial score (nSPS) is 19.6. The van der Waals surface area contributed by atoms with Crippen molar-refractivity contribution in [3.8, 4) is 0 Å². The predicted molar refractivity (Wildman–Crippen MR) is 95.8 cm³/mol. The number of halogens is 2. The molecular formula is C17H26Cl2N2O2. The monoisotopic (exact) mass is 360 g/mol. The standard InChI is InChI=1S/C17H25ClN2O2.ClH/c1-11(12(2)19)17(22)20-9-7-14(8-10-20)16(21)13-3-5-15(18)6-4-13;/h3-6,11-12,14,16,21H,7-10,19H2,1-2H3;1H. The molecule has 1 aromatic rings. The van der Waals surface area contributed by atoms with Crippen LogP contribution >= 0.6 is 24.0 Å². The Labute approximate surface area is 149 Å². The van der Waals surface area contributed by atoms with Gasteiger partial charge in [0.15, 0.2) is 0 Å². The van der Waals surface area contributed by atoms with Crippen LogP contribution < -0.4 is 5.73 Å². The number of hydrogen-bond acceptors (Lipinski definition) is 3. The predicted octanol–water partition coefficient (Wildman–Crippen LogP) is 3.02. The Morgan fingerprint density at radius 3 is 2.26 bits per heavy atom. The fourth-order valence-electron chi connectivity index (χ4n) is 2.88. The Morgan fingerprint density at radius 1 is 1.26 bits per heavy atom. The van der Waals surface area contributed by atoms with E-state index < -0.39 is 6.10 Å². The third-order valence-corrected chi connectivity index (χ3v) is 4.94. The van der Waals surface area contributed by atoms with Crippen molar-refractivity contribution in [2.45, 2.75) is 38.8 Å². The lowest BCUT2D eigenvalue weighted by molar-refractivity contribution is -0.137. The van der Waals surface area contributed by atoms with Crippen molar-refractivity contribution in [1.82, 2.24) is 4.90 Å². The first-order valence-electron chi connectivity index (χ1n) is 7.88. The number of nitrogens with zero attached hydrogens (tertiary/aromatic N) is 1. The van der Waals surface area contributed by atoms with E-state index in [1.54, 1.807) is 12.1 Å². The highest BCUT2D eigenvalue weighted by atomic mass is 35.5. The summed E-state index contributed by atoms with van der Waals surface area (Å²) in [6, 6.07) is 7.18. The van der Waals surface area contributed by atoms with Gasteiger partial charge in [-0.05, 0) is 43.4 Å². The zero-order chi connectivity index (χ0) is 16.3. The molecule has 3 N–H and O–H groups in total. The van der Waals surface area contributed by atoms with Crippen molar-refractivity contribution in [3.63, 3.8) is 0 Å². The number of aliphatic hydroxyl groups is 1. The molecule has 1 aliphatic heterocycles. The third-order valence-electron chi connectivity index (χ3n) is 4.69. The SMILES string of the molecule is CC(N)C(C)C(=O)N1CCC(C(O)c2ccc(Cl)cc2)CC1.Cl. The lowest BCUT2D eigenvalue weighted by Gasteiger charge is -2.36. The van der Waals surface area contributed by atoms with Crippen LogP contribution in [-0.4, -0.2) is 35.0 Å². The van der Waals surface area contributed by atoms with Crippen LogP contribution in [0.2, 0.25) is 5.02 Å². The van der Waals surface area contributed by atoms with Crippen molar-refractivity contribution >= 4 is 29.9 Å². The number of nitrogens with two attached hydrogens (primary N) is 1. The first-order chi connectivity index (χ1) is 10.4. The molecule has 0 spiro atoms. The minimum absolute atomic E-state index is 0. The second kappa shape index (κ2) is 8.88. The van der Waals surface area contributed by atoms with Crippen LogP contribution in [-0.2, 0) is 4.79 Å². The molecule has 1 aromatic carbocycles. The fraction of sp³-hybridized carbons (Fsp3) is 0.588. The van der Waals surface area contributed by atoms with Crippen LogP contribution in [0.1, 0.15) is 38.4 Å². The number of likely N-dealkylation sites (tertiary alicyclic amines) is 1. The Bertz CT molecular complexity index is 500. The minimum atomic E-state index is -0.500. The molecule has 23 heavy (non-hydrogen) atoms. The molecule has 1 aliphatic rings. The number of aliphatic hydroxyl groups excluding tert-OH is 1. The first kappa shape index (κ1) is 20.2. The van der Waals surface area contributed by atoms with Gasteiger partial charge in [0.2, 0.25) is 5.91 Å². The second-order valence-corrected chi connectivity index (χ2v) is 6.74. The summed E-state index contributed by atoms with van der Waals surface area (Å²) in [6.45, 7) is 5.11. The maximum atomic E-state index is 12.3. The summed E-state index contributed by atoms with van der Waals surface area (Å²) in [5.41, 5.74) is 6.70. The molecule has 0 aromatic heterocycles. The van der Waals surface area contributed by atoms with E-state index in [1.165, 1.54) is 0 Å². The van der Waals surface area contributed by atoms with Gasteiger partial charge in [-0.3, -0.25) is 4.79 Å². The van der Waals surface area contributed by atoms with E-state index in [4.69, 9.17) is 17.3 Å². The van der Waals surface area contributed by atoms with Crippen molar-refractivity contribution in [2.75, 3.05) is 13.1 Å². The average Bonchev–Trinajstić information content (AvgIpc) is 2.53. The number of piperidine rings is 1. The second-order valence-electron chi connectivity index (χ2n) is 6.31. The maximum absolute atomic E-state index is 12.3. The third kappa shape index (κ3) is 5.08. The van der Waals surface area contributed by atoms with E-state index in [9.17, 15) is 9.90 Å². The molecule has 3 unspecified atom stereocenters. The number of carbonyl (C=O) groups excluding carboxylic acids is 1. The summed E-state index contributed by atoms with van der Waals surface area (Å²) in [6.07, 6.45) is 1.11. The van der Waals surface area contributed by atoms with Crippen LogP contribution in [0.4, 0.5) is 0 Å². The lowest BCUT2D eigenvalue weighted by Crippen LogP contribution is -2.45. The lowest BCUT2D eigenvalue weighted by atomic mass is 9.87. The number of amides is 1. The van der Waals surface area contributed by atoms with E-state index in [2.05, 4.69) is 0 Å². The van der Waals surface area contributed by atoms with Crippen LogP contribution in [0.25, 0.3) is 0 Å². The van der Waals surface area contributed by atoms with Gasteiger partial charge < -0.3 is 15.7 Å². The van der Waals surface area contributed by atoms with Gasteiger partial charge in [0.1, 0.15) is 0 Å². The van der Waals surface area contributed by atoms with Gasteiger partial charge in [-0.25, -0.2) is 0 Å². The van der Waals surface area contributed by atoms with E-state index >= 15 is 0 Å². The summed E-state index contributed by atoms with van der Waals surface area (Å²) in [5, 5.41) is 11.2. The summed E-state index contributed by atoms with van der Waals surface area (Å²) in [5.74, 6) is 0.142. The topological polar surface area (TPSA) is 66.6 Å². The molecular weight excluding hydrogens is 335 g/mol. The Kier molecular flexibility index (Phi) is 7.81. The van der Waals surface area contributed by atoms with E-state index in [1.807, 2.05) is 30.9 Å². The van der Waals surface area contributed by atoms with Crippen molar-refractivity contribution < 1.29 is 9.90 Å². The van der Waals surface area contributed by atoms with E-state index in [0.717, 1.165) is 18.4 Å². The summed E-state index contributed by atoms with van der Waals surface area (Å²) in [7, 11) is 0. The zero-order valence-corrected chi connectivity index (χ0v) is 15.2. The molecule has 1 heterocycles. The molecule has 1 amide bonds. The van der Waals surface area contributed by atoms with Gasteiger partial charge in [-0.15, -0.1) is 12.4 Å². The number of benzene rings is 1. The van der Waals surface area contributed by atoms with Crippen LogP contribution in [0.15, 0.2) is 24.3 Å². The number of rotatable bonds is 4. The van der Waals surface area contributed by atoms with Gasteiger partial charge in [-0.2, -0.15) is 0 Å². The summed E-state index contributed by atoms with van der Waals surface area (Å²) >= 11 is 5.88. The number of carbonyl (C=O) groups is 1. The highest BCUT2D eigenvalue weighted by Crippen LogP contribution is 2.31. The molecule has 6 heteroatoms. The average molecular weight is 361 g/mol. The summed E-state index contributed by atoms with van der Waals surface area (Å²) in [4.78, 5) is 14.2. The molecule has 1 saturated heterocycles. The van der Waals surface area contributed by atoms with Crippen molar-refractivity contribution in [3.05, 3.63) is 34.9 Å². The highest BCUT2D eigenvalue weighted by molar-refractivity contribution is 6.30. The van der Waals surface area contributed by atoms with Crippen LogP contribution in [0.5, 0.6) is 0 Å². The fourth-order valence-corrected chi connectivity index (χ4v) is 3.01.